The summed E-state index contributed by atoms with van der Waals surface area (Å²) in [7, 11) is 3.09. The first-order chi connectivity index (χ1) is 14.5. The zero-order chi connectivity index (χ0) is 21.5. The number of rotatable bonds is 7. The Labute approximate surface area is 177 Å². The average molecular weight is 418 g/mol. The second-order valence-electron chi connectivity index (χ2n) is 7.93. The lowest BCUT2D eigenvalue weighted by Crippen LogP contribution is -2.49. The second-order valence-corrected chi connectivity index (χ2v) is 7.93. The fraction of sp³-hybridized carbons (Fsp3) is 0.591. The van der Waals surface area contributed by atoms with Gasteiger partial charge in [-0.15, -0.1) is 0 Å². The van der Waals surface area contributed by atoms with Crippen LogP contribution in [0.5, 0.6) is 11.5 Å². The number of carbonyl (C=O) groups is 3. The standard InChI is InChI=1S/C22H31N3O5/c1-29-18-10-17(11-19(12-18)30-2)22(28)23-13-16-6-5-9-24(14-16)21(27)15-25-8-4-3-7-20(25)26/h10-12,16H,3-9,13-15H2,1-2H3,(H,23,28)/t16-/m0/s1. The van der Waals surface area contributed by atoms with Crippen LogP contribution in [0.2, 0.25) is 0 Å². The van der Waals surface area contributed by atoms with Gasteiger partial charge in [0.1, 0.15) is 11.5 Å². The summed E-state index contributed by atoms with van der Waals surface area (Å²) in [6.07, 6.45) is 4.26. The number of ether oxygens (including phenoxy) is 2. The molecule has 2 fully saturated rings. The molecule has 0 saturated carbocycles. The van der Waals surface area contributed by atoms with Crippen LogP contribution < -0.4 is 14.8 Å². The van der Waals surface area contributed by atoms with E-state index in [2.05, 4.69) is 5.32 Å². The van der Waals surface area contributed by atoms with E-state index in [1.807, 2.05) is 4.90 Å². The first-order valence-corrected chi connectivity index (χ1v) is 10.6. The molecule has 2 aliphatic heterocycles. The third-order valence-corrected chi connectivity index (χ3v) is 5.78. The van der Waals surface area contributed by atoms with Gasteiger partial charge in [0.05, 0.1) is 20.8 Å². The molecule has 1 aromatic rings. The number of hydrogen-bond acceptors (Lipinski definition) is 5. The van der Waals surface area contributed by atoms with Crippen LogP contribution in [0.25, 0.3) is 0 Å². The highest BCUT2D eigenvalue weighted by Gasteiger charge is 2.27. The monoisotopic (exact) mass is 417 g/mol. The van der Waals surface area contributed by atoms with Crippen LogP contribution in [-0.2, 0) is 9.59 Å². The van der Waals surface area contributed by atoms with Gasteiger partial charge in [-0.25, -0.2) is 0 Å². The van der Waals surface area contributed by atoms with E-state index in [0.29, 0.717) is 49.7 Å². The van der Waals surface area contributed by atoms with Crippen molar-refractivity contribution in [2.24, 2.45) is 5.92 Å². The molecule has 8 heteroatoms. The Morgan fingerprint density at radius 1 is 1.07 bits per heavy atom. The third kappa shape index (κ3) is 5.64. The van der Waals surface area contributed by atoms with Crippen molar-refractivity contribution in [1.29, 1.82) is 0 Å². The van der Waals surface area contributed by atoms with E-state index in [9.17, 15) is 14.4 Å². The van der Waals surface area contributed by atoms with Gasteiger partial charge in [0.15, 0.2) is 0 Å². The summed E-state index contributed by atoms with van der Waals surface area (Å²) in [6, 6.07) is 5.06. The van der Waals surface area contributed by atoms with Crippen LogP contribution in [0.15, 0.2) is 18.2 Å². The highest BCUT2D eigenvalue weighted by Crippen LogP contribution is 2.23. The van der Waals surface area contributed by atoms with Crippen molar-refractivity contribution in [3.63, 3.8) is 0 Å². The van der Waals surface area contributed by atoms with E-state index in [4.69, 9.17) is 9.47 Å². The smallest absolute Gasteiger partial charge is 0.251 e. The molecule has 0 aromatic heterocycles. The highest BCUT2D eigenvalue weighted by molar-refractivity contribution is 5.95. The van der Waals surface area contributed by atoms with Crippen molar-refractivity contribution in [2.75, 3.05) is 46.9 Å². The summed E-state index contributed by atoms with van der Waals surface area (Å²) in [4.78, 5) is 40.7. The Kier molecular flexibility index (Phi) is 7.54. The highest BCUT2D eigenvalue weighted by atomic mass is 16.5. The van der Waals surface area contributed by atoms with E-state index >= 15 is 0 Å². The summed E-state index contributed by atoms with van der Waals surface area (Å²) in [5, 5.41) is 2.97. The normalized spacial score (nSPS) is 19.4. The molecule has 164 valence electrons. The van der Waals surface area contributed by atoms with Gasteiger partial charge in [0.2, 0.25) is 11.8 Å². The molecule has 30 heavy (non-hydrogen) atoms. The number of carbonyl (C=O) groups excluding carboxylic acids is 3. The largest absolute Gasteiger partial charge is 0.497 e. The Bertz CT molecular complexity index is 760. The molecular formula is C22H31N3O5. The Morgan fingerprint density at radius 2 is 1.80 bits per heavy atom. The zero-order valence-corrected chi connectivity index (χ0v) is 17.8. The molecule has 2 saturated heterocycles. The molecular weight excluding hydrogens is 386 g/mol. The van der Waals surface area contributed by atoms with E-state index < -0.39 is 0 Å². The van der Waals surface area contributed by atoms with Crippen LogP contribution in [0, 0.1) is 5.92 Å². The molecule has 3 amide bonds. The fourth-order valence-corrected chi connectivity index (χ4v) is 4.03. The number of likely N-dealkylation sites (tertiary alicyclic amines) is 2. The number of methoxy groups -OCH3 is 2. The lowest BCUT2D eigenvalue weighted by molar-refractivity contribution is -0.142. The van der Waals surface area contributed by atoms with Gasteiger partial charge in [0, 0.05) is 44.2 Å². The van der Waals surface area contributed by atoms with Crippen molar-refractivity contribution >= 4 is 17.7 Å². The molecule has 1 aromatic carbocycles. The molecule has 0 unspecified atom stereocenters. The molecule has 0 aliphatic carbocycles. The quantitative estimate of drug-likeness (QED) is 0.729. The summed E-state index contributed by atoms with van der Waals surface area (Å²) in [5.41, 5.74) is 0.471. The van der Waals surface area contributed by atoms with Gasteiger partial charge in [-0.1, -0.05) is 0 Å². The summed E-state index contributed by atoms with van der Waals surface area (Å²) < 4.78 is 10.4. The number of piperidine rings is 2. The topological polar surface area (TPSA) is 88.2 Å². The Morgan fingerprint density at radius 3 is 2.47 bits per heavy atom. The van der Waals surface area contributed by atoms with Crippen molar-refractivity contribution in [1.82, 2.24) is 15.1 Å². The molecule has 0 bridgehead atoms. The van der Waals surface area contributed by atoms with Gasteiger partial charge in [-0.05, 0) is 43.7 Å². The van der Waals surface area contributed by atoms with Crippen LogP contribution in [0.3, 0.4) is 0 Å². The van der Waals surface area contributed by atoms with E-state index in [0.717, 1.165) is 25.7 Å². The Balaban J connectivity index is 1.51. The Hall–Kier alpha value is -2.77. The molecule has 1 atom stereocenters. The maximum Gasteiger partial charge on any atom is 0.251 e. The summed E-state index contributed by atoms with van der Waals surface area (Å²) in [5.74, 6) is 1.18. The maximum absolute atomic E-state index is 12.7. The van der Waals surface area contributed by atoms with E-state index in [-0.39, 0.29) is 30.2 Å². The molecule has 8 nitrogen and oxygen atoms in total. The minimum Gasteiger partial charge on any atom is -0.497 e. The molecule has 0 spiro atoms. The summed E-state index contributed by atoms with van der Waals surface area (Å²) in [6.45, 7) is 2.63. The van der Waals surface area contributed by atoms with Crippen LogP contribution in [0.1, 0.15) is 42.5 Å². The van der Waals surface area contributed by atoms with Crippen LogP contribution >= 0.6 is 0 Å². The minimum atomic E-state index is -0.199. The molecule has 0 radical (unpaired) electrons. The number of nitrogens with one attached hydrogen (secondary N) is 1. The second kappa shape index (κ2) is 10.3. The van der Waals surface area contributed by atoms with Crippen molar-refractivity contribution in [2.45, 2.75) is 32.1 Å². The molecule has 2 aliphatic rings. The number of nitrogens with zero attached hydrogens (tertiary/aromatic N) is 2. The van der Waals surface area contributed by atoms with E-state index in [1.165, 1.54) is 0 Å². The van der Waals surface area contributed by atoms with Gasteiger partial charge < -0.3 is 24.6 Å². The minimum absolute atomic E-state index is 0.00110. The van der Waals surface area contributed by atoms with Gasteiger partial charge >= 0.3 is 0 Å². The van der Waals surface area contributed by atoms with Crippen LogP contribution in [0.4, 0.5) is 0 Å². The maximum atomic E-state index is 12.7. The van der Waals surface area contributed by atoms with Crippen molar-refractivity contribution < 1.29 is 23.9 Å². The number of benzene rings is 1. The molecule has 1 N–H and O–H groups in total. The van der Waals surface area contributed by atoms with Gasteiger partial charge in [0.25, 0.3) is 5.91 Å². The third-order valence-electron chi connectivity index (χ3n) is 5.78. The predicted molar refractivity (Wildman–Crippen MR) is 112 cm³/mol. The average Bonchev–Trinajstić information content (AvgIpc) is 2.78. The van der Waals surface area contributed by atoms with Gasteiger partial charge in [-0.2, -0.15) is 0 Å². The fourth-order valence-electron chi connectivity index (χ4n) is 4.03. The van der Waals surface area contributed by atoms with Crippen LogP contribution in [-0.4, -0.2) is 74.5 Å². The molecule has 3 rings (SSSR count). The SMILES string of the molecule is COc1cc(OC)cc(C(=O)NC[C@@H]2CCCN(C(=O)CN3CCCCC3=O)C2)c1. The lowest BCUT2D eigenvalue weighted by Gasteiger charge is -2.35. The first kappa shape index (κ1) is 21.9. The first-order valence-electron chi connectivity index (χ1n) is 10.6. The van der Waals surface area contributed by atoms with Crippen molar-refractivity contribution in [3.8, 4) is 11.5 Å². The molecule has 2 heterocycles. The van der Waals surface area contributed by atoms with Crippen molar-refractivity contribution in [3.05, 3.63) is 23.8 Å². The number of hydrogen-bond donors (Lipinski definition) is 1. The van der Waals surface area contributed by atoms with Gasteiger partial charge in [-0.3, -0.25) is 14.4 Å². The number of amides is 3. The lowest BCUT2D eigenvalue weighted by atomic mass is 9.97. The van der Waals surface area contributed by atoms with E-state index in [1.54, 1.807) is 37.3 Å². The zero-order valence-electron chi connectivity index (χ0n) is 17.8. The summed E-state index contributed by atoms with van der Waals surface area (Å²) >= 11 is 0. The predicted octanol–water partition coefficient (Wildman–Crippen LogP) is 1.68.